The topological polar surface area (TPSA) is 106 Å². The van der Waals surface area contributed by atoms with Crippen LogP contribution in [0.15, 0.2) is 32.4 Å². The smallest absolute Gasteiger partial charge is 0.330 e. The summed E-state index contributed by atoms with van der Waals surface area (Å²) in [7, 11) is 1.56. The Morgan fingerprint density at radius 3 is 2.88 bits per heavy atom. The van der Waals surface area contributed by atoms with E-state index in [4.69, 9.17) is 10.2 Å². The van der Waals surface area contributed by atoms with E-state index in [0.717, 1.165) is 0 Å². The van der Waals surface area contributed by atoms with Gasteiger partial charge in [-0.15, -0.1) is 0 Å². The molecule has 0 aliphatic rings. The van der Waals surface area contributed by atoms with Crippen molar-refractivity contribution in [1.82, 2.24) is 9.55 Å². The number of nitrogens with one attached hydrogen (secondary N) is 2. The van der Waals surface area contributed by atoms with Gasteiger partial charge in [0.1, 0.15) is 17.3 Å². The fourth-order valence-corrected chi connectivity index (χ4v) is 1.54. The minimum Gasteiger partial charge on any atom is -0.467 e. The Bertz CT molecular complexity index is 624. The predicted octanol–water partition coefficient (Wildman–Crippen LogP) is -0.198. The van der Waals surface area contributed by atoms with Crippen molar-refractivity contribution in [1.29, 1.82) is 0 Å². The predicted molar refractivity (Wildman–Crippen MR) is 63.1 cm³/mol. The molecule has 0 fully saturated rings. The highest BCUT2D eigenvalue weighted by atomic mass is 16.3. The molecule has 0 saturated heterocycles. The molecule has 0 radical (unpaired) electrons. The summed E-state index contributed by atoms with van der Waals surface area (Å²) in [5.41, 5.74) is 4.81. The van der Waals surface area contributed by atoms with E-state index in [1.165, 1.54) is 10.8 Å². The van der Waals surface area contributed by atoms with Crippen LogP contribution < -0.4 is 22.3 Å². The summed E-state index contributed by atoms with van der Waals surface area (Å²) < 4.78 is 6.35. The van der Waals surface area contributed by atoms with Crippen LogP contribution >= 0.6 is 0 Å². The Balaban J connectivity index is 2.54. The van der Waals surface area contributed by atoms with Crippen LogP contribution in [0, 0.1) is 0 Å². The van der Waals surface area contributed by atoms with Crippen LogP contribution in [0.3, 0.4) is 0 Å². The summed E-state index contributed by atoms with van der Waals surface area (Å²) in [6, 6.07) is 3.43. The number of furan rings is 1. The maximum atomic E-state index is 11.6. The fourth-order valence-electron chi connectivity index (χ4n) is 1.54. The number of aromatic nitrogens is 2. The molecule has 0 spiro atoms. The third-order valence-electron chi connectivity index (χ3n) is 2.38. The van der Waals surface area contributed by atoms with Crippen molar-refractivity contribution < 1.29 is 4.42 Å². The van der Waals surface area contributed by atoms with E-state index < -0.39 is 11.2 Å². The number of H-pyrrole nitrogens is 1. The Kier molecular flexibility index (Phi) is 2.73. The number of hydrogen-bond acceptors (Lipinski definition) is 5. The Morgan fingerprint density at radius 1 is 1.53 bits per heavy atom. The van der Waals surface area contributed by atoms with Gasteiger partial charge in [0.25, 0.3) is 5.56 Å². The molecule has 0 aromatic carbocycles. The van der Waals surface area contributed by atoms with Gasteiger partial charge >= 0.3 is 5.69 Å². The molecule has 7 nitrogen and oxygen atoms in total. The van der Waals surface area contributed by atoms with Crippen molar-refractivity contribution in [2.75, 3.05) is 18.1 Å². The van der Waals surface area contributed by atoms with Crippen LogP contribution in [0.2, 0.25) is 0 Å². The monoisotopic (exact) mass is 236 g/mol. The van der Waals surface area contributed by atoms with Gasteiger partial charge in [0.2, 0.25) is 0 Å². The van der Waals surface area contributed by atoms with Gasteiger partial charge < -0.3 is 15.5 Å². The van der Waals surface area contributed by atoms with E-state index in [9.17, 15) is 9.59 Å². The molecule has 90 valence electrons. The number of nitrogens with zero attached hydrogens (tertiary/aromatic N) is 1. The first-order valence-corrected chi connectivity index (χ1v) is 4.96. The zero-order chi connectivity index (χ0) is 12.4. The Labute approximate surface area is 95.9 Å². The first kappa shape index (κ1) is 11.1. The van der Waals surface area contributed by atoms with Crippen LogP contribution in [0.25, 0.3) is 0 Å². The quantitative estimate of drug-likeness (QED) is 0.684. The lowest BCUT2D eigenvalue weighted by Crippen LogP contribution is -2.33. The van der Waals surface area contributed by atoms with Gasteiger partial charge in [0.05, 0.1) is 12.8 Å². The van der Waals surface area contributed by atoms with Gasteiger partial charge in [-0.1, -0.05) is 0 Å². The molecule has 17 heavy (non-hydrogen) atoms. The summed E-state index contributed by atoms with van der Waals surface area (Å²) in [6.45, 7) is 0.170. The summed E-state index contributed by atoms with van der Waals surface area (Å²) in [5.74, 6) is 0.658. The average Bonchev–Trinajstić information content (AvgIpc) is 2.77. The highest BCUT2D eigenvalue weighted by Crippen LogP contribution is 2.11. The van der Waals surface area contributed by atoms with Gasteiger partial charge in [-0.2, -0.15) is 0 Å². The maximum Gasteiger partial charge on any atom is 0.330 e. The Morgan fingerprint density at radius 2 is 2.29 bits per heavy atom. The second-order valence-corrected chi connectivity index (χ2v) is 3.44. The number of aromatic amines is 1. The van der Waals surface area contributed by atoms with Gasteiger partial charge in [-0.05, 0) is 12.1 Å². The van der Waals surface area contributed by atoms with Gasteiger partial charge in [0.15, 0.2) is 0 Å². The number of nitrogen functional groups attached to an aromatic ring is 1. The SMILES string of the molecule is CNc1c(N)n(Cc2ccco2)c(=O)[nH]c1=O. The number of rotatable bonds is 3. The molecular formula is C10H12N4O3. The molecule has 2 heterocycles. The normalized spacial score (nSPS) is 10.4. The van der Waals surface area contributed by atoms with Crippen LogP contribution in [0.5, 0.6) is 0 Å². The first-order valence-electron chi connectivity index (χ1n) is 4.96. The molecule has 0 saturated carbocycles. The summed E-state index contributed by atoms with van der Waals surface area (Å²) in [5, 5.41) is 2.65. The van der Waals surface area contributed by atoms with Gasteiger partial charge in [0, 0.05) is 7.05 Å². The molecule has 2 aromatic heterocycles. The number of anilines is 2. The van der Waals surface area contributed by atoms with E-state index in [1.807, 2.05) is 0 Å². The van der Waals surface area contributed by atoms with E-state index >= 15 is 0 Å². The highest BCUT2D eigenvalue weighted by Gasteiger charge is 2.11. The number of nitrogens with two attached hydrogens (primary N) is 1. The molecule has 0 unspecified atom stereocenters. The van der Waals surface area contributed by atoms with Crippen LogP contribution in [-0.2, 0) is 6.54 Å². The van der Waals surface area contributed by atoms with E-state index in [0.29, 0.717) is 5.76 Å². The van der Waals surface area contributed by atoms with Crippen LogP contribution in [-0.4, -0.2) is 16.6 Å². The largest absolute Gasteiger partial charge is 0.467 e. The standard InChI is InChI=1S/C10H12N4O3/c1-12-7-8(11)14(10(16)13-9(7)15)5-6-3-2-4-17-6/h2-4,12H,5,11H2,1H3,(H,13,15,16). The molecule has 0 bridgehead atoms. The Hall–Kier alpha value is -2.44. The minimum absolute atomic E-state index is 0.0812. The molecule has 2 aromatic rings. The molecular weight excluding hydrogens is 224 g/mol. The van der Waals surface area contributed by atoms with Gasteiger partial charge in [-0.25, -0.2) is 4.79 Å². The molecule has 2 rings (SSSR count). The second-order valence-electron chi connectivity index (χ2n) is 3.44. The number of hydrogen-bond donors (Lipinski definition) is 3. The average molecular weight is 236 g/mol. The zero-order valence-corrected chi connectivity index (χ0v) is 9.19. The minimum atomic E-state index is -0.567. The summed E-state index contributed by atoms with van der Waals surface area (Å²) in [6.07, 6.45) is 1.50. The van der Waals surface area contributed by atoms with Crippen molar-refractivity contribution in [3.8, 4) is 0 Å². The molecule has 0 atom stereocenters. The van der Waals surface area contributed by atoms with Crippen molar-refractivity contribution >= 4 is 11.5 Å². The van der Waals surface area contributed by atoms with Crippen LogP contribution in [0.1, 0.15) is 5.76 Å². The summed E-state index contributed by atoms with van der Waals surface area (Å²) >= 11 is 0. The maximum absolute atomic E-state index is 11.6. The van der Waals surface area contributed by atoms with Crippen LogP contribution in [0.4, 0.5) is 11.5 Å². The second kappa shape index (κ2) is 4.20. The van der Waals surface area contributed by atoms with E-state index in [-0.39, 0.29) is 18.1 Å². The lowest BCUT2D eigenvalue weighted by Gasteiger charge is -2.10. The van der Waals surface area contributed by atoms with Crippen molar-refractivity contribution in [2.24, 2.45) is 0 Å². The lowest BCUT2D eigenvalue weighted by molar-refractivity contribution is 0.489. The van der Waals surface area contributed by atoms with E-state index in [2.05, 4.69) is 10.3 Å². The van der Waals surface area contributed by atoms with Crippen molar-refractivity contribution in [3.63, 3.8) is 0 Å². The summed E-state index contributed by atoms with van der Waals surface area (Å²) in [4.78, 5) is 25.2. The molecule has 7 heteroatoms. The van der Waals surface area contributed by atoms with E-state index in [1.54, 1.807) is 19.2 Å². The first-order chi connectivity index (χ1) is 8.13. The van der Waals surface area contributed by atoms with Crippen molar-refractivity contribution in [3.05, 3.63) is 45.0 Å². The van der Waals surface area contributed by atoms with Gasteiger partial charge in [-0.3, -0.25) is 14.3 Å². The molecule has 0 aliphatic heterocycles. The fraction of sp³-hybridized carbons (Fsp3) is 0.200. The van der Waals surface area contributed by atoms with Crippen molar-refractivity contribution in [2.45, 2.75) is 6.54 Å². The molecule has 0 amide bonds. The molecule has 4 N–H and O–H groups in total. The third kappa shape index (κ3) is 1.94. The highest BCUT2D eigenvalue weighted by molar-refractivity contribution is 5.60. The lowest BCUT2D eigenvalue weighted by atomic mass is 10.4. The zero-order valence-electron chi connectivity index (χ0n) is 9.19. The third-order valence-corrected chi connectivity index (χ3v) is 2.38. The molecule has 0 aliphatic carbocycles.